The summed E-state index contributed by atoms with van der Waals surface area (Å²) in [4.78, 5) is 10.3. The molecule has 11 heavy (non-hydrogen) atoms. The van der Waals surface area contributed by atoms with E-state index in [0.717, 1.165) is 0 Å². The Balaban J connectivity index is 3.51. The van der Waals surface area contributed by atoms with Crippen LogP contribution in [0.3, 0.4) is 0 Å². The predicted octanol–water partition coefficient (Wildman–Crippen LogP) is -0.0547. The lowest BCUT2D eigenvalue weighted by atomic mass is 10.2. The molecule has 0 heterocycles. The first-order chi connectivity index (χ1) is 5.07. The van der Waals surface area contributed by atoms with Gasteiger partial charge in [0, 0.05) is 14.0 Å². The molecular weight excluding hydrogens is 148 g/mol. The third-order valence-corrected chi connectivity index (χ3v) is 1.37. The number of rotatable bonds is 4. The molecular formula is C7H14O4. The summed E-state index contributed by atoms with van der Waals surface area (Å²) in [7, 11) is 1.49. The molecule has 2 unspecified atom stereocenters. The molecule has 0 aliphatic carbocycles. The van der Waals surface area contributed by atoms with Crippen molar-refractivity contribution < 1.29 is 19.4 Å². The molecule has 0 aromatic rings. The molecule has 0 saturated carbocycles. The zero-order valence-electron chi connectivity index (χ0n) is 7.03. The van der Waals surface area contributed by atoms with Crippen LogP contribution < -0.4 is 0 Å². The summed E-state index contributed by atoms with van der Waals surface area (Å²) in [6.45, 7) is 2.99. The molecule has 0 amide bonds. The van der Waals surface area contributed by atoms with Crippen LogP contribution in [0.15, 0.2) is 0 Å². The molecule has 4 nitrogen and oxygen atoms in total. The summed E-state index contributed by atoms with van der Waals surface area (Å²) >= 11 is 0. The summed E-state index contributed by atoms with van der Waals surface area (Å²) in [5.74, 6) is -0.396. The van der Waals surface area contributed by atoms with Gasteiger partial charge in [0.25, 0.3) is 0 Å². The molecule has 0 bridgehead atoms. The van der Waals surface area contributed by atoms with E-state index in [1.807, 2.05) is 0 Å². The number of methoxy groups -OCH3 is 1. The Morgan fingerprint density at radius 3 is 2.55 bits per heavy atom. The first-order valence-corrected chi connectivity index (χ1v) is 3.42. The Morgan fingerprint density at radius 1 is 1.64 bits per heavy atom. The van der Waals surface area contributed by atoms with Crippen LogP contribution in [-0.2, 0) is 14.3 Å². The summed E-state index contributed by atoms with van der Waals surface area (Å²) in [6, 6.07) is 0. The fraction of sp³-hybridized carbons (Fsp3) is 0.857. The van der Waals surface area contributed by atoms with E-state index in [4.69, 9.17) is 9.84 Å². The zero-order chi connectivity index (χ0) is 8.85. The number of carbonyl (C=O) groups excluding carboxylic acids is 1. The largest absolute Gasteiger partial charge is 0.463 e. The Hall–Kier alpha value is -0.610. The zero-order valence-corrected chi connectivity index (χ0v) is 7.03. The topological polar surface area (TPSA) is 55.8 Å². The Kier molecular flexibility index (Phi) is 4.81. The van der Waals surface area contributed by atoms with E-state index < -0.39 is 12.1 Å². The number of hydrogen-bond donors (Lipinski definition) is 1. The van der Waals surface area contributed by atoms with E-state index in [9.17, 15) is 4.79 Å². The standard InChI is InChI=1S/C7H14O4/c1-5(10-3)7(9)4-11-6(2)8/h5,7,9H,4H2,1-3H3. The Bertz CT molecular complexity index is 124. The quantitative estimate of drug-likeness (QED) is 0.589. The molecule has 0 rings (SSSR count). The van der Waals surface area contributed by atoms with Crippen LogP contribution in [0.25, 0.3) is 0 Å². The average molecular weight is 162 g/mol. The van der Waals surface area contributed by atoms with Gasteiger partial charge >= 0.3 is 5.97 Å². The number of hydrogen-bond acceptors (Lipinski definition) is 4. The lowest BCUT2D eigenvalue weighted by Crippen LogP contribution is -2.30. The van der Waals surface area contributed by atoms with Gasteiger partial charge in [0.2, 0.25) is 0 Å². The van der Waals surface area contributed by atoms with Gasteiger partial charge in [-0.25, -0.2) is 0 Å². The maximum absolute atomic E-state index is 10.3. The van der Waals surface area contributed by atoms with Crippen molar-refractivity contribution in [3.05, 3.63) is 0 Å². The van der Waals surface area contributed by atoms with Gasteiger partial charge in [-0.3, -0.25) is 4.79 Å². The van der Waals surface area contributed by atoms with Gasteiger partial charge in [-0.2, -0.15) is 0 Å². The maximum atomic E-state index is 10.3. The van der Waals surface area contributed by atoms with Crippen LogP contribution in [-0.4, -0.2) is 37.0 Å². The van der Waals surface area contributed by atoms with Crippen LogP contribution in [0, 0.1) is 0 Å². The van der Waals surface area contributed by atoms with Gasteiger partial charge in [-0.1, -0.05) is 0 Å². The third-order valence-electron chi connectivity index (χ3n) is 1.37. The molecule has 0 aromatic heterocycles. The van der Waals surface area contributed by atoms with E-state index in [1.165, 1.54) is 14.0 Å². The molecule has 0 aliphatic rings. The molecule has 66 valence electrons. The average Bonchev–Trinajstić information content (AvgIpc) is 1.98. The highest BCUT2D eigenvalue weighted by molar-refractivity contribution is 5.65. The first-order valence-electron chi connectivity index (χ1n) is 3.42. The van der Waals surface area contributed by atoms with E-state index >= 15 is 0 Å². The highest BCUT2D eigenvalue weighted by atomic mass is 16.5. The molecule has 0 aliphatic heterocycles. The van der Waals surface area contributed by atoms with Gasteiger partial charge in [0.05, 0.1) is 6.10 Å². The highest BCUT2D eigenvalue weighted by Gasteiger charge is 2.13. The summed E-state index contributed by atoms with van der Waals surface area (Å²) in [5.41, 5.74) is 0. The van der Waals surface area contributed by atoms with Gasteiger partial charge < -0.3 is 14.6 Å². The minimum Gasteiger partial charge on any atom is -0.463 e. The highest BCUT2D eigenvalue weighted by Crippen LogP contribution is 1.97. The number of esters is 1. The minimum absolute atomic E-state index is 0.00958. The molecule has 0 saturated heterocycles. The number of carbonyl (C=O) groups is 1. The van der Waals surface area contributed by atoms with Gasteiger partial charge in [0.15, 0.2) is 0 Å². The first kappa shape index (κ1) is 10.4. The lowest BCUT2D eigenvalue weighted by Gasteiger charge is -2.16. The lowest BCUT2D eigenvalue weighted by molar-refractivity contribution is -0.146. The molecule has 2 atom stereocenters. The van der Waals surface area contributed by atoms with Crippen molar-refractivity contribution in [1.82, 2.24) is 0 Å². The van der Waals surface area contributed by atoms with Crippen LogP contribution in [0.4, 0.5) is 0 Å². The normalized spacial score (nSPS) is 15.6. The van der Waals surface area contributed by atoms with Gasteiger partial charge in [0.1, 0.15) is 12.7 Å². The molecule has 0 aromatic carbocycles. The SMILES string of the molecule is COC(C)C(O)COC(C)=O. The molecule has 0 radical (unpaired) electrons. The fourth-order valence-corrected chi connectivity index (χ4v) is 0.495. The van der Waals surface area contributed by atoms with Crippen LogP contribution >= 0.6 is 0 Å². The van der Waals surface area contributed by atoms with Crippen molar-refractivity contribution in [1.29, 1.82) is 0 Å². The summed E-state index contributed by atoms with van der Waals surface area (Å²) in [5, 5.41) is 9.16. The Labute approximate surface area is 66.1 Å². The molecule has 4 heteroatoms. The van der Waals surface area contributed by atoms with Gasteiger partial charge in [-0.15, -0.1) is 0 Å². The Morgan fingerprint density at radius 2 is 2.18 bits per heavy atom. The third kappa shape index (κ3) is 4.75. The van der Waals surface area contributed by atoms with Crippen molar-refractivity contribution >= 4 is 5.97 Å². The second-order valence-electron chi connectivity index (χ2n) is 2.31. The van der Waals surface area contributed by atoms with E-state index in [2.05, 4.69) is 4.74 Å². The van der Waals surface area contributed by atoms with Crippen molar-refractivity contribution in [3.8, 4) is 0 Å². The summed E-state index contributed by atoms with van der Waals surface area (Å²) < 4.78 is 9.36. The maximum Gasteiger partial charge on any atom is 0.302 e. The smallest absolute Gasteiger partial charge is 0.302 e. The van der Waals surface area contributed by atoms with E-state index in [-0.39, 0.29) is 12.7 Å². The van der Waals surface area contributed by atoms with Crippen molar-refractivity contribution in [3.63, 3.8) is 0 Å². The monoisotopic (exact) mass is 162 g/mol. The fourth-order valence-electron chi connectivity index (χ4n) is 0.495. The molecule has 1 N–H and O–H groups in total. The minimum atomic E-state index is -0.746. The molecule has 0 fully saturated rings. The number of aliphatic hydroxyl groups is 1. The predicted molar refractivity (Wildman–Crippen MR) is 39.1 cm³/mol. The summed E-state index contributed by atoms with van der Waals surface area (Å²) in [6.07, 6.45) is -1.06. The van der Waals surface area contributed by atoms with Crippen LogP contribution in [0.5, 0.6) is 0 Å². The van der Waals surface area contributed by atoms with Gasteiger partial charge in [-0.05, 0) is 6.92 Å². The van der Waals surface area contributed by atoms with E-state index in [0.29, 0.717) is 0 Å². The molecule has 0 spiro atoms. The number of ether oxygens (including phenoxy) is 2. The van der Waals surface area contributed by atoms with Crippen molar-refractivity contribution in [2.45, 2.75) is 26.1 Å². The second-order valence-corrected chi connectivity index (χ2v) is 2.31. The van der Waals surface area contributed by atoms with Crippen molar-refractivity contribution in [2.75, 3.05) is 13.7 Å². The van der Waals surface area contributed by atoms with Crippen LogP contribution in [0.2, 0.25) is 0 Å². The number of aliphatic hydroxyl groups excluding tert-OH is 1. The van der Waals surface area contributed by atoms with E-state index in [1.54, 1.807) is 6.92 Å². The van der Waals surface area contributed by atoms with Crippen molar-refractivity contribution in [2.24, 2.45) is 0 Å². The van der Waals surface area contributed by atoms with Crippen LogP contribution in [0.1, 0.15) is 13.8 Å². The second kappa shape index (κ2) is 5.09.